The van der Waals surface area contributed by atoms with E-state index < -0.39 is 12.2 Å². The van der Waals surface area contributed by atoms with Crippen molar-refractivity contribution in [2.45, 2.75) is 24.9 Å². The number of hydrogen-bond donors (Lipinski definition) is 2. The van der Waals surface area contributed by atoms with Crippen molar-refractivity contribution in [3.05, 3.63) is 12.7 Å². The molecule has 0 unspecified atom stereocenters. The Morgan fingerprint density at radius 1 is 1.32 bits per heavy atom. The normalized spacial score (nSPS) is 25.4. The first-order chi connectivity index (χ1) is 9.91. The van der Waals surface area contributed by atoms with Crippen LogP contribution in [0.2, 0.25) is 0 Å². The quantitative estimate of drug-likeness (QED) is 0.572. The molecule has 0 bridgehead atoms. The van der Waals surface area contributed by atoms with E-state index in [4.69, 9.17) is 4.74 Å². The largest absolute Gasteiger partial charge is 1.00 e. The summed E-state index contributed by atoms with van der Waals surface area (Å²) in [5.41, 5.74) is 1.39. The summed E-state index contributed by atoms with van der Waals surface area (Å²) in [5, 5.41) is 19.0. The molecule has 0 spiro atoms. The highest BCUT2D eigenvalue weighted by Gasteiger charge is 2.36. The van der Waals surface area contributed by atoms with Crippen LogP contribution in [0, 0.1) is 0 Å². The molecule has 1 fully saturated rings. The number of ether oxygens (including phenoxy) is 1. The molecule has 2 aromatic heterocycles. The Morgan fingerprint density at radius 2 is 2.05 bits per heavy atom. The zero-order valence-corrected chi connectivity index (χ0v) is 13.5. The van der Waals surface area contributed by atoms with Gasteiger partial charge in [0, 0.05) is 6.42 Å². The number of fused-ring (bicyclic) bond motifs is 1. The van der Waals surface area contributed by atoms with Crippen LogP contribution in [0.1, 0.15) is 12.6 Å². The first kappa shape index (κ1) is 17.0. The van der Waals surface area contributed by atoms with E-state index in [0.717, 1.165) is 11.3 Å². The molecule has 9 heteroatoms. The molecule has 0 saturated carbocycles. The highest BCUT2D eigenvalue weighted by Crippen LogP contribution is 2.32. The molecule has 3 rings (SSSR count). The number of rotatable bonds is 3. The summed E-state index contributed by atoms with van der Waals surface area (Å²) in [6, 6.07) is 0. The summed E-state index contributed by atoms with van der Waals surface area (Å²) < 4.78 is 7.98. The summed E-state index contributed by atoms with van der Waals surface area (Å²) >= 11 is 0. The van der Waals surface area contributed by atoms with Crippen LogP contribution in [0.5, 0.6) is 0 Å². The van der Waals surface area contributed by atoms with E-state index in [9.17, 15) is 10.2 Å². The fraction of sp³-hybridized carbons (Fsp3) is 0.615. The van der Waals surface area contributed by atoms with Crippen molar-refractivity contribution in [1.82, 2.24) is 24.0 Å². The third kappa shape index (κ3) is 2.80. The topological polar surface area (TPSA) is 93.3 Å². The molecule has 3 heterocycles. The standard InChI is InChI=1S/C13H20N5O3.ClH/c1-18(2,3)13-11-12(14-6-15-13)17(7-16-11)10-4-8(20)9(5-19)21-10;/h6-10,19-20H,4-5H2,1-3H3;1H/q+1;/p-1/t8-,9+,10+;/m0./s1. The molecule has 122 valence electrons. The molecular formula is C13H20ClN5O3. The third-order valence-corrected chi connectivity index (χ3v) is 3.67. The second-order valence-corrected chi connectivity index (χ2v) is 6.15. The zero-order chi connectivity index (χ0) is 15.2. The van der Waals surface area contributed by atoms with Gasteiger partial charge in [-0.1, -0.05) is 0 Å². The highest BCUT2D eigenvalue weighted by atomic mass is 35.5. The second-order valence-electron chi connectivity index (χ2n) is 6.15. The van der Waals surface area contributed by atoms with Crippen LogP contribution in [-0.2, 0) is 4.74 Å². The first-order valence-corrected chi connectivity index (χ1v) is 6.85. The lowest BCUT2D eigenvalue weighted by Gasteiger charge is -2.21. The molecule has 0 amide bonds. The fourth-order valence-electron chi connectivity index (χ4n) is 2.59. The van der Waals surface area contributed by atoms with Crippen molar-refractivity contribution >= 4 is 17.0 Å². The zero-order valence-electron chi connectivity index (χ0n) is 12.7. The summed E-state index contributed by atoms with van der Waals surface area (Å²) in [7, 11) is 6.04. The molecule has 8 nitrogen and oxygen atoms in total. The minimum Gasteiger partial charge on any atom is -1.00 e. The van der Waals surface area contributed by atoms with E-state index in [2.05, 4.69) is 15.0 Å². The van der Waals surface area contributed by atoms with Gasteiger partial charge in [0.15, 0.2) is 11.2 Å². The lowest BCUT2D eigenvalue weighted by Crippen LogP contribution is -3.00. The van der Waals surface area contributed by atoms with Crippen LogP contribution in [-0.4, -0.2) is 69.7 Å². The van der Waals surface area contributed by atoms with E-state index >= 15 is 0 Å². The molecule has 3 atom stereocenters. The summed E-state index contributed by atoms with van der Waals surface area (Å²) in [6.45, 7) is -0.205. The molecule has 0 aromatic carbocycles. The van der Waals surface area contributed by atoms with E-state index in [1.54, 1.807) is 10.9 Å². The molecule has 1 saturated heterocycles. The van der Waals surface area contributed by atoms with Gasteiger partial charge in [-0.25, -0.2) is 9.97 Å². The smallest absolute Gasteiger partial charge is 0.258 e. The Balaban J connectivity index is 0.00000176. The molecule has 1 aliphatic rings. The summed E-state index contributed by atoms with van der Waals surface area (Å²) in [6.07, 6.45) is 1.94. The Morgan fingerprint density at radius 3 is 2.64 bits per heavy atom. The number of halogens is 1. The molecule has 2 N–H and O–H groups in total. The first-order valence-electron chi connectivity index (χ1n) is 6.85. The number of aliphatic hydroxyl groups is 2. The van der Waals surface area contributed by atoms with Gasteiger partial charge in [-0.05, 0) is 0 Å². The molecule has 22 heavy (non-hydrogen) atoms. The average molecular weight is 330 g/mol. The van der Waals surface area contributed by atoms with Crippen LogP contribution in [0.4, 0.5) is 5.82 Å². The van der Waals surface area contributed by atoms with E-state index in [1.807, 2.05) is 21.1 Å². The van der Waals surface area contributed by atoms with Crippen LogP contribution >= 0.6 is 0 Å². The Labute approximate surface area is 134 Å². The number of hydrogen-bond acceptors (Lipinski definition) is 6. The monoisotopic (exact) mass is 329 g/mol. The van der Waals surface area contributed by atoms with Crippen molar-refractivity contribution in [3.63, 3.8) is 0 Å². The van der Waals surface area contributed by atoms with Crippen molar-refractivity contribution < 1.29 is 27.4 Å². The van der Waals surface area contributed by atoms with E-state index in [-0.39, 0.29) is 25.2 Å². The number of aliphatic hydroxyl groups excluding tert-OH is 2. The van der Waals surface area contributed by atoms with Crippen LogP contribution in [0.15, 0.2) is 12.7 Å². The van der Waals surface area contributed by atoms with Crippen LogP contribution in [0.25, 0.3) is 11.2 Å². The van der Waals surface area contributed by atoms with Gasteiger partial charge in [0.2, 0.25) is 0 Å². The van der Waals surface area contributed by atoms with Crippen LogP contribution < -0.4 is 16.9 Å². The average Bonchev–Trinajstić information content (AvgIpc) is 3.00. The second kappa shape index (κ2) is 6.05. The molecule has 0 aliphatic carbocycles. The number of nitrogens with zero attached hydrogens (tertiary/aromatic N) is 5. The van der Waals surface area contributed by atoms with Gasteiger partial charge >= 0.3 is 0 Å². The van der Waals surface area contributed by atoms with Gasteiger partial charge in [0.25, 0.3) is 5.82 Å². The minimum atomic E-state index is -0.683. The van der Waals surface area contributed by atoms with Crippen molar-refractivity contribution in [2.75, 3.05) is 27.7 Å². The fourth-order valence-corrected chi connectivity index (χ4v) is 2.59. The summed E-state index contributed by atoms with van der Waals surface area (Å²) in [4.78, 5) is 13.0. The predicted molar refractivity (Wildman–Crippen MR) is 76.5 cm³/mol. The van der Waals surface area contributed by atoms with Gasteiger partial charge < -0.3 is 27.4 Å². The molecule has 0 radical (unpaired) electrons. The van der Waals surface area contributed by atoms with Gasteiger partial charge in [-0.15, -0.1) is 0 Å². The minimum absolute atomic E-state index is 0. The van der Waals surface area contributed by atoms with Gasteiger partial charge in [-0.3, -0.25) is 9.05 Å². The van der Waals surface area contributed by atoms with E-state index in [1.165, 1.54) is 6.33 Å². The van der Waals surface area contributed by atoms with Gasteiger partial charge in [-0.2, -0.15) is 4.98 Å². The van der Waals surface area contributed by atoms with Gasteiger partial charge in [0.1, 0.15) is 18.7 Å². The van der Waals surface area contributed by atoms with Gasteiger partial charge in [0.05, 0.1) is 40.2 Å². The molecule has 1 aliphatic heterocycles. The third-order valence-electron chi connectivity index (χ3n) is 3.67. The van der Waals surface area contributed by atoms with Crippen molar-refractivity contribution in [2.24, 2.45) is 0 Å². The maximum absolute atomic E-state index is 9.86. The molecular weight excluding hydrogens is 310 g/mol. The summed E-state index contributed by atoms with van der Waals surface area (Å²) in [5.74, 6) is 0.816. The number of aromatic nitrogens is 4. The maximum Gasteiger partial charge on any atom is 0.258 e. The number of quaternary nitrogens is 1. The molecule has 2 aromatic rings. The highest BCUT2D eigenvalue weighted by molar-refractivity contribution is 5.81. The van der Waals surface area contributed by atoms with Crippen molar-refractivity contribution in [3.8, 4) is 0 Å². The van der Waals surface area contributed by atoms with Crippen LogP contribution in [0.3, 0.4) is 0 Å². The Hall–Kier alpha value is -1.32. The Kier molecular flexibility index (Phi) is 4.69. The lowest BCUT2D eigenvalue weighted by atomic mass is 10.2. The Bertz CT molecular complexity index is 657. The van der Waals surface area contributed by atoms with Crippen molar-refractivity contribution in [1.29, 1.82) is 0 Å². The maximum atomic E-state index is 9.86. The lowest BCUT2D eigenvalue weighted by molar-refractivity contribution is -0.0432. The number of imidazole rings is 1. The predicted octanol–water partition coefficient (Wildman–Crippen LogP) is -3.33. The van der Waals surface area contributed by atoms with E-state index in [0.29, 0.717) is 16.6 Å². The SMILES string of the molecule is C[N+](C)(C)c1ncnc2c1ncn2[C@H]1C[C@H](O)[C@@H](CO)O1.[Cl-].